The first-order valence-corrected chi connectivity index (χ1v) is 5.53. The first kappa shape index (κ1) is 9.45. The van der Waals surface area contributed by atoms with E-state index in [1.807, 2.05) is 0 Å². The van der Waals surface area contributed by atoms with Gasteiger partial charge in [-0.15, -0.1) is 0 Å². The van der Waals surface area contributed by atoms with E-state index >= 15 is 0 Å². The number of thiazole rings is 1. The normalized spacial score (nSPS) is 15.2. The third kappa shape index (κ3) is 2.23. The topological polar surface area (TPSA) is 54.0 Å². The summed E-state index contributed by atoms with van der Waals surface area (Å²) < 4.78 is 0. The van der Waals surface area contributed by atoms with E-state index in [-0.39, 0.29) is 5.91 Å². The van der Waals surface area contributed by atoms with E-state index < -0.39 is 0 Å². The van der Waals surface area contributed by atoms with Crippen molar-refractivity contribution in [2.45, 2.75) is 12.8 Å². The SMILES string of the molecule is CNc1ncc(C(=O)NCC2CC2)s1. The van der Waals surface area contributed by atoms with Gasteiger partial charge in [0.25, 0.3) is 5.91 Å². The van der Waals surface area contributed by atoms with E-state index in [1.54, 1.807) is 13.2 Å². The minimum Gasteiger partial charge on any atom is -0.365 e. The molecule has 4 nitrogen and oxygen atoms in total. The van der Waals surface area contributed by atoms with Crippen LogP contribution in [0.5, 0.6) is 0 Å². The van der Waals surface area contributed by atoms with Crippen molar-refractivity contribution in [1.29, 1.82) is 0 Å². The summed E-state index contributed by atoms with van der Waals surface area (Å²) in [4.78, 5) is 16.3. The van der Waals surface area contributed by atoms with Crippen molar-refractivity contribution in [3.05, 3.63) is 11.1 Å². The molecule has 2 N–H and O–H groups in total. The summed E-state index contributed by atoms with van der Waals surface area (Å²) in [6.07, 6.45) is 4.12. The molecule has 76 valence electrons. The second-order valence-corrected chi connectivity index (χ2v) is 4.46. The monoisotopic (exact) mass is 211 g/mol. The number of aromatic nitrogens is 1. The highest BCUT2D eigenvalue weighted by atomic mass is 32.1. The van der Waals surface area contributed by atoms with Gasteiger partial charge in [0, 0.05) is 13.6 Å². The van der Waals surface area contributed by atoms with E-state index in [0.717, 1.165) is 17.6 Å². The van der Waals surface area contributed by atoms with Crippen molar-refractivity contribution < 1.29 is 4.79 Å². The summed E-state index contributed by atoms with van der Waals surface area (Å²) in [5.74, 6) is 0.714. The fourth-order valence-electron chi connectivity index (χ4n) is 1.14. The number of hydrogen-bond donors (Lipinski definition) is 2. The smallest absolute Gasteiger partial charge is 0.263 e. The lowest BCUT2D eigenvalue weighted by atomic mass is 10.4. The molecular formula is C9H13N3OS. The highest BCUT2D eigenvalue weighted by molar-refractivity contribution is 7.17. The lowest BCUT2D eigenvalue weighted by Gasteiger charge is -1.99. The highest BCUT2D eigenvalue weighted by Gasteiger charge is 2.22. The van der Waals surface area contributed by atoms with Crippen LogP contribution >= 0.6 is 11.3 Å². The number of rotatable bonds is 4. The molecule has 0 spiro atoms. The van der Waals surface area contributed by atoms with Gasteiger partial charge in [-0.1, -0.05) is 11.3 Å². The third-order valence-corrected chi connectivity index (χ3v) is 3.21. The van der Waals surface area contributed by atoms with Crippen molar-refractivity contribution in [3.8, 4) is 0 Å². The van der Waals surface area contributed by atoms with Crippen LogP contribution in [0.1, 0.15) is 22.5 Å². The molecule has 2 rings (SSSR count). The summed E-state index contributed by atoms with van der Waals surface area (Å²) in [5, 5.41) is 6.59. The molecule has 0 radical (unpaired) electrons. The number of carbonyl (C=O) groups excluding carboxylic acids is 1. The van der Waals surface area contributed by atoms with Gasteiger partial charge >= 0.3 is 0 Å². The van der Waals surface area contributed by atoms with Gasteiger partial charge in [-0.25, -0.2) is 4.98 Å². The van der Waals surface area contributed by atoms with E-state index in [9.17, 15) is 4.79 Å². The maximum Gasteiger partial charge on any atom is 0.263 e. The van der Waals surface area contributed by atoms with E-state index in [1.165, 1.54) is 24.2 Å². The Labute approximate surface area is 86.7 Å². The van der Waals surface area contributed by atoms with Gasteiger partial charge in [0.05, 0.1) is 6.20 Å². The van der Waals surface area contributed by atoms with Crippen molar-refractivity contribution in [3.63, 3.8) is 0 Å². The Morgan fingerprint density at radius 3 is 3.07 bits per heavy atom. The van der Waals surface area contributed by atoms with Gasteiger partial charge in [-0.2, -0.15) is 0 Å². The number of nitrogens with one attached hydrogen (secondary N) is 2. The molecule has 0 atom stereocenters. The number of nitrogens with zero attached hydrogens (tertiary/aromatic N) is 1. The van der Waals surface area contributed by atoms with E-state index in [4.69, 9.17) is 0 Å². The quantitative estimate of drug-likeness (QED) is 0.790. The van der Waals surface area contributed by atoms with Crippen LogP contribution in [0.25, 0.3) is 0 Å². The Kier molecular flexibility index (Phi) is 2.67. The first-order valence-electron chi connectivity index (χ1n) is 4.71. The van der Waals surface area contributed by atoms with Gasteiger partial charge in [0.2, 0.25) is 0 Å². The molecule has 1 aliphatic rings. The summed E-state index contributed by atoms with van der Waals surface area (Å²) in [5.41, 5.74) is 0. The standard InChI is InChI=1S/C9H13N3OS/c1-10-9-12-5-7(14-9)8(13)11-4-6-2-3-6/h5-6H,2-4H2,1H3,(H,10,12)(H,11,13). The largest absolute Gasteiger partial charge is 0.365 e. The highest BCUT2D eigenvalue weighted by Crippen LogP contribution is 2.27. The Balaban J connectivity index is 1.88. The maximum absolute atomic E-state index is 11.5. The van der Waals surface area contributed by atoms with Crippen LogP contribution in [-0.4, -0.2) is 24.5 Å². The number of carbonyl (C=O) groups is 1. The van der Waals surface area contributed by atoms with E-state index in [0.29, 0.717) is 4.88 Å². The molecule has 1 heterocycles. The summed E-state index contributed by atoms with van der Waals surface area (Å²) in [7, 11) is 1.80. The molecule has 5 heteroatoms. The van der Waals surface area contributed by atoms with Crippen LogP contribution in [-0.2, 0) is 0 Å². The van der Waals surface area contributed by atoms with Crippen LogP contribution in [0, 0.1) is 5.92 Å². The zero-order chi connectivity index (χ0) is 9.97. The van der Waals surface area contributed by atoms with Crippen LogP contribution in [0.2, 0.25) is 0 Å². The minimum atomic E-state index is -0.00380. The predicted molar refractivity (Wildman–Crippen MR) is 56.7 cm³/mol. The number of amides is 1. The van der Waals surface area contributed by atoms with Gasteiger partial charge in [-0.3, -0.25) is 4.79 Å². The zero-order valence-corrected chi connectivity index (χ0v) is 8.86. The second-order valence-electron chi connectivity index (χ2n) is 3.43. The van der Waals surface area contributed by atoms with Crippen LogP contribution in [0.3, 0.4) is 0 Å². The van der Waals surface area contributed by atoms with Gasteiger partial charge in [0.1, 0.15) is 4.88 Å². The summed E-state index contributed by atoms with van der Waals surface area (Å²) in [6.45, 7) is 0.811. The molecule has 1 saturated carbocycles. The Hall–Kier alpha value is -1.10. The summed E-state index contributed by atoms with van der Waals surface area (Å²) >= 11 is 1.38. The molecule has 1 aliphatic carbocycles. The molecular weight excluding hydrogens is 198 g/mol. The first-order chi connectivity index (χ1) is 6.79. The molecule has 0 bridgehead atoms. The van der Waals surface area contributed by atoms with Crippen molar-refractivity contribution >= 4 is 22.4 Å². The summed E-state index contributed by atoms with van der Waals surface area (Å²) in [6, 6.07) is 0. The molecule has 0 aliphatic heterocycles. The Morgan fingerprint density at radius 2 is 2.50 bits per heavy atom. The minimum absolute atomic E-state index is 0.00380. The van der Waals surface area contributed by atoms with Crippen molar-refractivity contribution in [2.24, 2.45) is 5.92 Å². The molecule has 1 aromatic heterocycles. The lowest BCUT2D eigenvalue weighted by Crippen LogP contribution is -2.24. The zero-order valence-electron chi connectivity index (χ0n) is 8.04. The van der Waals surface area contributed by atoms with Crippen LogP contribution in [0.4, 0.5) is 5.13 Å². The average Bonchev–Trinajstić information content (AvgIpc) is 2.90. The molecule has 0 aromatic carbocycles. The fourth-order valence-corrected chi connectivity index (χ4v) is 1.83. The fraction of sp³-hybridized carbons (Fsp3) is 0.556. The van der Waals surface area contributed by atoms with E-state index in [2.05, 4.69) is 15.6 Å². The molecule has 1 amide bonds. The van der Waals surface area contributed by atoms with Gasteiger partial charge < -0.3 is 10.6 Å². The maximum atomic E-state index is 11.5. The van der Waals surface area contributed by atoms with Crippen molar-refractivity contribution in [2.75, 3.05) is 18.9 Å². The lowest BCUT2D eigenvalue weighted by molar-refractivity contribution is 0.0955. The van der Waals surface area contributed by atoms with Crippen molar-refractivity contribution in [1.82, 2.24) is 10.3 Å². The second kappa shape index (κ2) is 3.96. The third-order valence-electron chi connectivity index (χ3n) is 2.19. The Morgan fingerprint density at radius 1 is 1.71 bits per heavy atom. The van der Waals surface area contributed by atoms with Gasteiger partial charge in [-0.05, 0) is 18.8 Å². The van der Waals surface area contributed by atoms with Crippen LogP contribution in [0.15, 0.2) is 6.20 Å². The molecule has 0 saturated heterocycles. The van der Waals surface area contributed by atoms with Crippen LogP contribution < -0.4 is 10.6 Å². The molecule has 0 unspecified atom stereocenters. The molecule has 1 aromatic rings. The molecule has 14 heavy (non-hydrogen) atoms. The average molecular weight is 211 g/mol. The Bertz CT molecular complexity index is 333. The number of hydrogen-bond acceptors (Lipinski definition) is 4. The number of anilines is 1. The van der Waals surface area contributed by atoms with Gasteiger partial charge in [0.15, 0.2) is 5.13 Å². The predicted octanol–water partition coefficient (Wildman–Crippen LogP) is 1.32. The molecule has 1 fully saturated rings.